The number of imide groups is 1. The van der Waals surface area contributed by atoms with Gasteiger partial charge in [-0.3, -0.25) is 10.1 Å². The van der Waals surface area contributed by atoms with Crippen LogP contribution in [0.15, 0.2) is 24.8 Å². The first-order valence-corrected chi connectivity index (χ1v) is 8.88. The smallest absolute Gasteiger partial charge is 0.338 e. The van der Waals surface area contributed by atoms with E-state index in [-0.39, 0.29) is 12.1 Å². The second-order valence-corrected chi connectivity index (χ2v) is 5.22. The lowest BCUT2D eigenvalue weighted by Crippen LogP contribution is -2.41. The lowest BCUT2D eigenvalue weighted by Gasteiger charge is -2.16. The number of ether oxygens (including phenoxy) is 4. The second-order valence-electron chi connectivity index (χ2n) is 5.22. The number of carbonyl (C=O) groups excluding carboxylic acids is 3. The maximum atomic E-state index is 12.3. The van der Waals surface area contributed by atoms with Gasteiger partial charge in [-0.15, -0.1) is 6.58 Å². The SMILES string of the molecule is C=CCNC(=O)NC(=O)COC(=O)c1cc(OCC)c(OCC)c(OCC)c1. The molecule has 9 heteroatoms. The standard InChI is InChI=1S/C19H26N2O7/c1-5-9-20-19(24)21-16(22)12-28-18(23)13-10-14(25-6-2)17(27-8-4)15(11-13)26-7-3/h5,10-11H,1,6-9,12H2,2-4H3,(H2,20,21,22,24). The Balaban J connectivity index is 2.87. The van der Waals surface area contributed by atoms with Gasteiger partial charge in [-0.2, -0.15) is 0 Å². The Labute approximate surface area is 164 Å². The number of benzene rings is 1. The van der Waals surface area contributed by atoms with E-state index < -0.39 is 24.5 Å². The van der Waals surface area contributed by atoms with Crippen molar-refractivity contribution in [2.45, 2.75) is 20.8 Å². The molecule has 0 saturated heterocycles. The molecule has 0 spiro atoms. The molecular formula is C19H26N2O7. The van der Waals surface area contributed by atoms with Gasteiger partial charge < -0.3 is 24.3 Å². The third-order valence-electron chi connectivity index (χ3n) is 3.14. The number of rotatable bonds is 11. The number of amides is 3. The maximum absolute atomic E-state index is 12.3. The fraction of sp³-hybridized carbons (Fsp3) is 0.421. The summed E-state index contributed by atoms with van der Waals surface area (Å²) in [7, 11) is 0. The fourth-order valence-corrected chi connectivity index (χ4v) is 2.09. The molecular weight excluding hydrogens is 368 g/mol. The molecule has 1 rings (SSSR count). The lowest BCUT2D eigenvalue weighted by molar-refractivity contribution is -0.123. The van der Waals surface area contributed by atoms with Gasteiger partial charge in [0.25, 0.3) is 5.91 Å². The first-order valence-electron chi connectivity index (χ1n) is 8.88. The first kappa shape index (κ1) is 22.8. The van der Waals surface area contributed by atoms with E-state index in [0.717, 1.165) is 0 Å². The number of hydrogen-bond donors (Lipinski definition) is 2. The summed E-state index contributed by atoms with van der Waals surface area (Å²) < 4.78 is 21.6. The molecule has 9 nitrogen and oxygen atoms in total. The summed E-state index contributed by atoms with van der Waals surface area (Å²) in [6, 6.07) is 2.20. The Morgan fingerprint density at radius 2 is 1.57 bits per heavy atom. The van der Waals surface area contributed by atoms with Gasteiger partial charge in [0.2, 0.25) is 5.75 Å². The van der Waals surface area contributed by atoms with Crippen LogP contribution in [0.4, 0.5) is 4.79 Å². The van der Waals surface area contributed by atoms with Gasteiger partial charge in [0.1, 0.15) is 0 Å². The summed E-state index contributed by atoms with van der Waals surface area (Å²) in [5.74, 6) is -0.493. The zero-order valence-electron chi connectivity index (χ0n) is 16.3. The minimum Gasteiger partial charge on any atom is -0.490 e. The van der Waals surface area contributed by atoms with Crippen molar-refractivity contribution in [1.29, 1.82) is 0 Å². The van der Waals surface area contributed by atoms with Gasteiger partial charge in [0.15, 0.2) is 18.1 Å². The van der Waals surface area contributed by atoms with Crippen LogP contribution in [0.2, 0.25) is 0 Å². The van der Waals surface area contributed by atoms with Crippen molar-refractivity contribution in [3.63, 3.8) is 0 Å². The van der Waals surface area contributed by atoms with Crippen molar-refractivity contribution >= 4 is 17.9 Å². The van der Waals surface area contributed by atoms with Crippen molar-refractivity contribution in [3.05, 3.63) is 30.4 Å². The number of urea groups is 1. The van der Waals surface area contributed by atoms with Crippen LogP contribution in [0.5, 0.6) is 17.2 Å². The van der Waals surface area contributed by atoms with E-state index in [4.69, 9.17) is 18.9 Å². The average Bonchev–Trinajstić information content (AvgIpc) is 2.67. The van der Waals surface area contributed by atoms with Crippen LogP contribution in [0.3, 0.4) is 0 Å². The molecule has 1 aromatic rings. The molecule has 0 aliphatic heterocycles. The van der Waals surface area contributed by atoms with Gasteiger partial charge in [0.05, 0.1) is 25.4 Å². The molecule has 0 aliphatic rings. The van der Waals surface area contributed by atoms with Crippen LogP contribution in [0.1, 0.15) is 31.1 Å². The van der Waals surface area contributed by atoms with Crippen LogP contribution in [0.25, 0.3) is 0 Å². The highest BCUT2D eigenvalue weighted by atomic mass is 16.5. The van der Waals surface area contributed by atoms with Crippen molar-refractivity contribution in [2.75, 3.05) is 33.0 Å². The highest BCUT2D eigenvalue weighted by Gasteiger charge is 2.20. The second kappa shape index (κ2) is 12.2. The maximum Gasteiger partial charge on any atom is 0.338 e. The predicted octanol–water partition coefficient (Wildman–Crippen LogP) is 2.05. The molecule has 0 heterocycles. The highest BCUT2D eigenvalue weighted by Crippen LogP contribution is 2.39. The molecule has 1 aromatic carbocycles. The van der Waals surface area contributed by atoms with E-state index in [9.17, 15) is 14.4 Å². The minimum atomic E-state index is -0.772. The van der Waals surface area contributed by atoms with E-state index >= 15 is 0 Å². The Bertz CT molecular complexity index is 677. The molecule has 0 unspecified atom stereocenters. The van der Waals surface area contributed by atoms with Crippen LogP contribution < -0.4 is 24.8 Å². The predicted molar refractivity (Wildman–Crippen MR) is 102 cm³/mol. The monoisotopic (exact) mass is 394 g/mol. The third kappa shape index (κ3) is 7.18. The van der Waals surface area contributed by atoms with Crippen LogP contribution in [0, 0.1) is 0 Å². The van der Waals surface area contributed by atoms with Crippen molar-refractivity contribution in [3.8, 4) is 17.2 Å². The lowest BCUT2D eigenvalue weighted by atomic mass is 10.2. The summed E-state index contributed by atoms with van der Waals surface area (Å²) in [4.78, 5) is 35.4. The number of esters is 1. The Morgan fingerprint density at radius 1 is 1.00 bits per heavy atom. The zero-order chi connectivity index (χ0) is 20.9. The average molecular weight is 394 g/mol. The van der Waals surface area contributed by atoms with Crippen LogP contribution >= 0.6 is 0 Å². The topological polar surface area (TPSA) is 112 Å². The van der Waals surface area contributed by atoms with Crippen LogP contribution in [-0.2, 0) is 9.53 Å². The Kier molecular flexibility index (Phi) is 9.95. The minimum absolute atomic E-state index is 0.124. The molecule has 0 aromatic heterocycles. The van der Waals surface area contributed by atoms with Gasteiger partial charge in [0, 0.05) is 6.54 Å². The molecule has 154 valence electrons. The summed E-state index contributed by atoms with van der Waals surface area (Å²) in [6.07, 6.45) is 1.46. The van der Waals surface area contributed by atoms with Crippen LogP contribution in [-0.4, -0.2) is 50.9 Å². The molecule has 0 atom stereocenters. The number of hydrogen-bond acceptors (Lipinski definition) is 7. The quantitative estimate of drug-likeness (QED) is 0.436. The van der Waals surface area contributed by atoms with E-state index in [1.54, 1.807) is 13.8 Å². The fourth-order valence-electron chi connectivity index (χ4n) is 2.09. The molecule has 3 amide bonds. The van der Waals surface area contributed by atoms with Crippen molar-refractivity contribution in [2.24, 2.45) is 0 Å². The highest BCUT2D eigenvalue weighted by molar-refractivity contribution is 5.97. The summed E-state index contributed by atoms with van der Waals surface area (Å²) >= 11 is 0. The van der Waals surface area contributed by atoms with E-state index in [1.807, 2.05) is 12.2 Å². The normalized spacial score (nSPS) is 9.82. The number of nitrogens with one attached hydrogen (secondary N) is 2. The van der Waals surface area contributed by atoms with E-state index in [0.29, 0.717) is 37.1 Å². The van der Waals surface area contributed by atoms with Gasteiger partial charge in [-0.05, 0) is 32.9 Å². The molecule has 0 fully saturated rings. The van der Waals surface area contributed by atoms with Crippen molar-refractivity contribution in [1.82, 2.24) is 10.6 Å². The zero-order valence-corrected chi connectivity index (χ0v) is 16.3. The molecule has 0 bridgehead atoms. The van der Waals surface area contributed by atoms with Gasteiger partial charge >= 0.3 is 12.0 Å². The third-order valence-corrected chi connectivity index (χ3v) is 3.14. The summed E-state index contributed by atoms with van der Waals surface area (Å²) in [5.41, 5.74) is 0.124. The molecule has 0 radical (unpaired) electrons. The molecule has 2 N–H and O–H groups in total. The van der Waals surface area contributed by atoms with Gasteiger partial charge in [-0.25, -0.2) is 9.59 Å². The van der Waals surface area contributed by atoms with Gasteiger partial charge in [-0.1, -0.05) is 6.08 Å². The summed E-state index contributed by atoms with van der Waals surface area (Å²) in [6.45, 7) is 9.51. The first-order chi connectivity index (χ1) is 13.5. The van der Waals surface area contributed by atoms with E-state index in [2.05, 4.69) is 11.9 Å². The molecule has 0 saturated carbocycles. The number of carbonyl (C=O) groups is 3. The van der Waals surface area contributed by atoms with Crippen molar-refractivity contribution < 1.29 is 33.3 Å². The largest absolute Gasteiger partial charge is 0.490 e. The summed E-state index contributed by atoms with van der Waals surface area (Å²) in [5, 5.41) is 4.39. The molecule has 0 aliphatic carbocycles. The Morgan fingerprint density at radius 3 is 2.07 bits per heavy atom. The molecule has 28 heavy (non-hydrogen) atoms. The Hall–Kier alpha value is -3.23. The van der Waals surface area contributed by atoms with E-state index in [1.165, 1.54) is 18.2 Å².